The molecule has 0 aliphatic heterocycles. The highest BCUT2D eigenvalue weighted by molar-refractivity contribution is 5.86. The van der Waals surface area contributed by atoms with Gasteiger partial charge in [0.25, 0.3) is 0 Å². The van der Waals surface area contributed by atoms with E-state index in [1.165, 1.54) is 6.07 Å². The van der Waals surface area contributed by atoms with Crippen LogP contribution in [-0.2, 0) is 10.2 Å². The molecule has 0 spiro atoms. The van der Waals surface area contributed by atoms with Gasteiger partial charge < -0.3 is 23.8 Å². The fourth-order valence-corrected chi connectivity index (χ4v) is 1.97. The Morgan fingerprint density at radius 3 is 2.45 bits per heavy atom. The van der Waals surface area contributed by atoms with Crippen LogP contribution in [0.25, 0.3) is 0 Å². The molecule has 0 fully saturated rings. The molecule has 2 heterocycles. The van der Waals surface area contributed by atoms with Crippen LogP contribution in [-0.4, -0.2) is 35.5 Å². The van der Waals surface area contributed by atoms with Gasteiger partial charge in [-0.1, -0.05) is 0 Å². The maximum absolute atomic E-state index is 11.8. The van der Waals surface area contributed by atoms with Crippen molar-refractivity contribution in [1.82, 2.24) is 0 Å². The fourth-order valence-electron chi connectivity index (χ4n) is 1.97. The van der Waals surface area contributed by atoms with Crippen molar-refractivity contribution in [3.63, 3.8) is 0 Å². The van der Waals surface area contributed by atoms with E-state index >= 15 is 0 Å². The molecule has 6 nitrogen and oxygen atoms in total. The lowest BCUT2D eigenvalue weighted by molar-refractivity contribution is 0.00687. The summed E-state index contributed by atoms with van der Waals surface area (Å²) in [7, 11) is 0. The lowest BCUT2D eigenvalue weighted by atomic mass is 9.87. The Morgan fingerprint density at radius 2 is 1.86 bits per heavy atom. The molecule has 0 aliphatic rings. The predicted molar refractivity (Wildman–Crippen MR) is 77.7 cm³/mol. The Balaban J connectivity index is 2.12. The molecular weight excluding hydrogens is 288 g/mol. The average Bonchev–Trinajstić information content (AvgIpc) is 3.13. The van der Waals surface area contributed by atoms with E-state index in [0.717, 1.165) is 11.5 Å². The number of hydrogen-bond donors (Lipinski definition) is 2. The minimum atomic E-state index is -1.10. The van der Waals surface area contributed by atoms with E-state index in [9.17, 15) is 4.79 Å². The zero-order valence-corrected chi connectivity index (χ0v) is 12.8. The summed E-state index contributed by atoms with van der Waals surface area (Å²) < 4.78 is 16.0. The van der Waals surface area contributed by atoms with Gasteiger partial charge >= 0.3 is 5.97 Å². The van der Waals surface area contributed by atoms with Crippen LogP contribution in [0.3, 0.4) is 0 Å². The van der Waals surface area contributed by atoms with Crippen molar-refractivity contribution in [3.05, 3.63) is 47.3 Å². The Kier molecular flexibility index (Phi) is 4.73. The Hall–Kier alpha value is -2.05. The largest absolute Gasteiger partial charge is 0.465 e. The molecule has 1 atom stereocenters. The number of carbonyl (C=O) groups is 1. The van der Waals surface area contributed by atoms with Crippen LogP contribution in [0.1, 0.15) is 41.7 Å². The van der Waals surface area contributed by atoms with E-state index < -0.39 is 24.1 Å². The first-order chi connectivity index (χ1) is 10.3. The summed E-state index contributed by atoms with van der Waals surface area (Å²) in [6, 6.07) is 6.94. The van der Waals surface area contributed by atoms with Crippen molar-refractivity contribution in [2.75, 3.05) is 13.2 Å². The van der Waals surface area contributed by atoms with E-state index in [4.69, 9.17) is 23.8 Å². The second-order valence-electron chi connectivity index (χ2n) is 5.63. The van der Waals surface area contributed by atoms with Gasteiger partial charge in [-0.2, -0.15) is 0 Å². The quantitative estimate of drug-likeness (QED) is 0.793. The fraction of sp³-hybridized carbons (Fsp3) is 0.438. The van der Waals surface area contributed by atoms with Crippen molar-refractivity contribution in [2.24, 2.45) is 0 Å². The number of hydrogen-bond acceptors (Lipinski definition) is 6. The number of rotatable bonds is 6. The zero-order chi connectivity index (χ0) is 16.3. The van der Waals surface area contributed by atoms with Gasteiger partial charge in [-0.25, -0.2) is 4.79 Å². The van der Waals surface area contributed by atoms with Gasteiger partial charge in [0.05, 0.1) is 12.0 Å². The van der Waals surface area contributed by atoms with Crippen LogP contribution < -0.4 is 0 Å². The van der Waals surface area contributed by atoms with Gasteiger partial charge in [-0.05, 0) is 45.0 Å². The number of esters is 1. The summed E-state index contributed by atoms with van der Waals surface area (Å²) in [5.41, 5.74) is -0.530. The third kappa shape index (κ3) is 3.40. The molecule has 1 unspecified atom stereocenters. The maximum atomic E-state index is 11.8. The lowest BCUT2D eigenvalue weighted by Gasteiger charge is -2.19. The van der Waals surface area contributed by atoms with Gasteiger partial charge in [0.2, 0.25) is 5.76 Å². The summed E-state index contributed by atoms with van der Waals surface area (Å²) in [5.74, 6) is 1.44. The number of aryl methyl sites for hydroxylation is 1. The van der Waals surface area contributed by atoms with Crippen molar-refractivity contribution < 1.29 is 28.6 Å². The normalized spacial score (nSPS) is 13.1. The highest BCUT2D eigenvalue weighted by Crippen LogP contribution is 2.33. The van der Waals surface area contributed by atoms with Crippen LogP contribution in [0, 0.1) is 6.92 Å². The van der Waals surface area contributed by atoms with Gasteiger partial charge in [0.15, 0.2) is 0 Å². The number of furan rings is 2. The van der Waals surface area contributed by atoms with E-state index in [1.807, 2.05) is 32.9 Å². The Labute approximate surface area is 128 Å². The molecule has 6 heteroatoms. The van der Waals surface area contributed by atoms with E-state index in [-0.39, 0.29) is 12.4 Å². The van der Waals surface area contributed by atoms with Crippen LogP contribution in [0.15, 0.2) is 33.1 Å². The molecule has 22 heavy (non-hydrogen) atoms. The number of carbonyl (C=O) groups excluding carboxylic acids is 1. The molecule has 2 rings (SSSR count). The predicted octanol–water partition coefficient (Wildman–Crippen LogP) is 2.02. The molecule has 0 saturated carbocycles. The highest BCUT2D eigenvalue weighted by Gasteiger charge is 2.31. The molecule has 0 aliphatic carbocycles. The topological polar surface area (TPSA) is 93.0 Å². The summed E-state index contributed by atoms with van der Waals surface area (Å²) in [4.78, 5) is 11.8. The molecule has 0 aromatic carbocycles. The van der Waals surface area contributed by atoms with Gasteiger partial charge in [-0.3, -0.25) is 0 Å². The minimum absolute atomic E-state index is 0.0384. The van der Waals surface area contributed by atoms with Gasteiger partial charge in [-0.15, -0.1) is 0 Å². The van der Waals surface area contributed by atoms with Crippen LogP contribution in [0.2, 0.25) is 0 Å². The second-order valence-corrected chi connectivity index (χ2v) is 5.63. The first-order valence-corrected chi connectivity index (χ1v) is 6.98. The van der Waals surface area contributed by atoms with E-state index in [1.54, 1.807) is 6.07 Å². The monoisotopic (exact) mass is 308 g/mol. The number of aliphatic hydroxyl groups excluding tert-OH is 2. The molecule has 2 N–H and O–H groups in total. The Bertz CT molecular complexity index is 637. The molecule has 0 saturated heterocycles. The van der Waals surface area contributed by atoms with Crippen molar-refractivity contribution in [1.29, 1.82) is 0 Å². The summed E-state index contributed by atoms with van der Waals surface area (Å²) in [6.45, 7) is 4.95. The zero-order valence-electron chi connectivity index (χ0n) is 12.8. The molecule has 2 aromatic rings. The number of ether oxygens (including phenoxy) is 1. The SMILES string of the molecule is Cc1ccc(C(C)(C)c2ccc(C(=O)OCC(O)CO)o2)o1. The maximum Gasteiger partial charge on any atom is 0.374 e. The molecule has 0 radical (unpaired) electrons. The van der Waals surface area contributed by atoms with Crippen LogP contribution in [0.4, 0.5) is 0 Å². The summed E-state index contributed by atoms with van der Waals surface area (Å²) in [6.07, 6.45) is -1.10. The van der Waals surface area contributed by atoms with Gasteiger partial charge in [0.1, 0.15) is 30.0 Å². The Morgan fingerprint density at radius 1 is 1.23 bits per heavy atom. The van der Waals surface area contributed by atoms with Crippen molar-refractivity contribution in [2.45, 2.75) is 32.3 Å². The molecule has 2 aromatic heterocycles. The third-order valence-electron chi connectivity index (χ3n) is 3.40. The van der Waals surface area contributed by atoms with E-state index in [0.29, 0.717) is 5.76 Å². The highest BCUT2D eigenvalue weighted by atomic mass is 16.6. The smallest absolute Gasteiger partial charge is 0.374 e. The molecule has 120 valence electrons. The summed E-state index contributed by atoms with van der Waals surface area (Å²) >= 11 is 0. The summed E-state index contributed by atoms with van der Waals surface area (Å²) in [5, 5.41) is 17.9. The first kappa shape index (κ1) is 16.3. The average molecular weight is 308 g/mol. The standard InChI is InChI=1S/C16H20O6/c1-10-4-6-13(21-10)16(2,3)14-7-5-12(22-14)15(19)20-9-11(18)8-17/h4-7,11,17-18H,8-9H2,1-3H3. The molecule has 0 bridgehead atoms. The minimum Gasteiger partial charge on any atom is -0.465 e. The van der Waals surface area contributed by atoms with Gasteiger partial charge in [0, 0.05) is 0 Å². The first-order valence-electron chi connectivity index (χ1n) is 6.98. The lowest BCUT2D eigenvalue weighted by Crippen LogP contribution is -2.22. The number of aliphatic hydroxyl groups is 2. The van der Waals surface area contributed by atoms with Crippen molar-refractivity contribution >= 4 is 5.97 Å². The second kappa shape index (κ2) is 6.37. The molecular formula is C16H20O6. The van der Waals surface area contributed by atoms with E-state index in [2.05, 4.69) is 0 Å². The van der Waals surface area contributed by atoms with Crippen LogP contribution in [0.5, 0.6) is 0 Å². The molecule has 0 amide bonds. The third-order valence-corrected chi connectivity index (χ3v) is 3.40. The van der Waals surface area contributed by atoms with Crippen molar-refractivity contribution in [3.8, 4) is 0 Å². The van der Waals surface area contributed by atoms with Crippen LogP contribution >= 0.6 is 0 Å².